The summed E-state index contributed by atoms with van der Waals surface area (Å²) in [6, 6.07) is 9.41. The SMILES string of the molecule is CC1CCCO[C@@H]1COC(O)c1ccccc1. The fraction of sp³-hybridized carbons (Fsp3) is 0.571. The molecular weight excluding hydrogens is 216 g/mol. The second-order valence-corrected chi connectivity index (χ2v) is 4.63. The molecule has 0 saturated carbocycles. The molecule has 3 atom stereocenters. The Hall–Kier alpha value is -0.900. The largest absolute Gasteiger partial charge is 0.376 e. The van der Waals surface area contributed by atoms with Crippen molar-refractivity contribution < 1.29 is 14.6 Å². The topological polar surface area (TPSA) is 38.7 Å². The van der Waals surface area contributed by atoms with Gasteiger partial charge in [0.15, 0.2) is 6.29 Å². The van der Waals surface area contributed by atoms with Crippen molar-refractivity contribution in [3.63, 3.8) is 0 Å². The molecule has 1 fully saturated rings. The molecule has 1 aliphatic rings. The van der Waals surface area contributed by atoms with Gasteiger partial charge in [-0.25, -0.2) is 0 Å². The van der Waals surface area contributed by atoms with Gasteiger partial charge in [0.2, 0.25) is 0 Å². The Kier molecular flexibility index (Phi) is 4.54. The van der Waals surface area contributed by atoms with Crippen molar-refractivity contribution in [1.82, 2.24) is 0 Å². The lowest BCUT2D eigenvalue weighted by atomic mass is 9.97. The van der Waals surface area contributed by atoms with Crippen LogP contribution in [0.25, 0.3) is 0 Å². The number of ether oxygens (including phenoxy) is 2. The standard InChI is InChI=1S/C14H20O3/c1-11-6-5-9-16-13(11)10-17-14(15)12-7-3-2-4-8-12/h2-4,7-8,11,13-15H,5-6,9-10H2,1H3/t11?,13-,14?/m1/s1. The minimum Gasteiger partial charge on any atom is -0.376 e. The predicted octanol–water partition coefficient (Wildman–Crippen LogP) is 2.51. The first kappa shape index (κ1) is 12.6. The zero-order valence-corrected chi connectivity index (χ0v) is 10.2. The van der Waals surface area contributed by atoms with Gasteiger partial charge in [0.1, 0.15) is 0 Å². The molecule has 1 N–H and O–H groups in total. The first-order valence-corrected chi connectivity index (χ1v) is 6.23. The van der Waals surface area contributed by atoms with Gasteiger partial charge in [-0.3, -0.25) is 0 Å². The lowest BCUT2D eigenvalue weighted by Gasteiger charge is -2.29. The van der Waals surface area contributed by atoms with E-state index in [0.717, 1.165) is 18.6 Å². The zero-order chi connectivity index (χ0) is 12.1. The quantitative estimate of drug-likeness (QED) is 0.816. The van der Waals surface area contributed by atoms with E-state index in [1.165, 1.54) is 6.42 Å². The molecule has 0 amide bonds. The average molecular weight is 236 g/mol. The van der Waals surface area contributed by atoms with Crippen LogP contribution in [0.2, 0.25) is 0 Å². The molecule has 0 aliphatic carbocycles. The van der Waals surface area contributed by atoms with Crippen molar-refractivity contribution in [2.24, 2.45) is 5.92 Å². The molecule has 2 unspecified atom stereocenters. The van der Waals surface area contributed by atoms with Crippen molar-refractivity contribution in [2.75, 3.05) is 13.2 Å². The van der Waals surface area contributed by atoms with E-state index in [4.69, 9.17) is 9.47 Å². The molecule has 17 heavy (non-hydrogen) atoms. The Morgan fingerprint density at radius 3 is 2.88 bits per heavy atom. The summed E-state index contributed by atoms with van der Waals surface area (Å²) in [6.45, 7) is 3.43. The van der Waals surface area contributed by atoms with Crippen LogP contribution in [-0.2, 0) is 9.47 Å². The second kappa shape index (κ2) is 6.15. The number of aliphatic hydroxyl groups excluding tert-OH is 1. The molecule has 1 aliphatic heterocycles. The third-order valence-electron chi connectivity index (χ3n) is 3.27. The molecule has 3 nitrogen and oxygen atoms in total. The van der Waals surface area contributed by atoms with Crippen LogP contribution in [0.3, 0.4) is 0 Å². The molecule has 3 heteroatoms. The molecule has 0 bridgehead atoms. The summed E-state index contributed by atoms with van der Waals surface area (Å²) in [4.78, 5) is 0. The van der Waals surface area contributed by atoms with Crippen LogP contribution in [0, 0.1) is 5.92 Å². The Balaban J connectivity index is 1.81. The predicted molar refractivity (Wildman–Crippen MR) is 65.5 cm³/mol. The number of hydrogen-bond donors (Lipinski definition) is 1. The summed E-state index contributed by atoms with van der Waals surface area (Å²) in [6.07, 6.45) is 1.56. The number of rotatable bonds is 4. The first-order chi connectivity index (χ1) is 8.27. The highest BCUT2D eigenvalue weighted by Gasteiger charge is 2.23. The van der Waals surface area contributed by atoms with Gasteiger partial charge >= 0.3 is 0 Å². The van der Waals surface area contributed by atoms with Gasteiger partial charge < -0.3 is 14.6 Å². The van der Waals surface area contributed by atoms with Crippen molar-refractivity contribution in [3.05, 3.63) is 35.9 Å². The van der Waals surface area contributed by atoms with Crippen molar-refractivity contribution in [2.45, 2.75) is 32.2 Å². The van der Waals surface area contributed by atoms with Crippen molar-refractivity contribution in [1.29, 1.82) is 0 Å². The van der Waals surface area contributed by atoms with Crippen molar-refractivity contribution in [3.8, 4) is 0 Å². The van der Waals surface area contributed by atoms with Crippen LogP contribution in [0.15, 0.2) is 30.3 Å². The molecule has 0 radical (unpaired) electrons. The number of hydrogen-bond acceptors (Lipinski definition) is 3. The van der Waals surface area contributed by atoms with Gasteiger partial charge in [-0.1, -0.05) is 37.3 Å². The van der Waals surface area contributed by atoms with Gasteiger partial charge in [0.25, 0.3) is 0 Å². The van der Waals surface area contributed by atoms with E-state index in [1.807, 2.05) is 30.3 Å². The Morgan fingerprint density at radius 2 is 2.18 bits per heavy atom. The second-order valence-electron chi connectivity index (χ2n) is 4.63. The minimum absolute atomic E-state index is 0.113. The third kappa shape index (κ3) is 3.53. The van der Waals surface area contributed by atoms with Crippen LogP contribution in [0.4, 0.5) is 0 Å². The fourth-order valence-corrected chi connectivity index (χ4v) is 2.10. The summed E-state index contributed by atoms with van der Waals surface area (Å²) in [7, 11) is 0. The smallest absolute Gasteiger partial charge is 0.181 e. The third-order valence-corrected chi connectivity index (χ3v) is 3.27. The highest BCUT2D eigenvalue weighted by Crippen LogP contribution is 2.22. The van der Waals surface area contributed by atoms with Gasteiger partial charge in [-0.2, -0.15) is 0 Å². The fourth-order valence-electron chi connectivity index (χ4n) is 2.10. The number of benzene rings is 1. The Labute approximate surface area is 102 Å². The van der Waals surface area contributed by atoms with E-state index in [0.29, 0.717) is 12.5 Å². The summed E-state index contributed by atoms with van der Waals surface area (Å²) in [5.74, 6) is 0.506. The van der Waals surface area contributed by atoms with E-state index >= 15 is 0 Å². The van der Waals surface area contributed by atoms with E-state index < -0.39 is 6.29 Å². The van der Waals surface area contributed by atoms with E-state index in [-0.39, 0.29) is 6.10 Å². The highest BCUT2D eigenvalue weighted by molar-refractivity contribution is 5.15. The average Bonchev–Trinajstić information content (AvgIpc) is 2.38. The molecule has 1 aromatic rings. The number of aliphatic hydroxyl groups is 1. The van der Waals surface area contributed by atoms with Crippen LogP contribution < -0.4 is 0 Å². The monoisotopic (exact) mass is 236 g/mol. The molecule has 1 aromatic carbocycles. The summed E-state index contributed by atoms with van der Waals surface area (Å²) in [5.41, 5.74) is 0.788. The minimum atomic E-state index is -0.853. The summed E-state index contributed by atoms with van der Waals surface area (Å²) in [5, 5.41) is 9.86. The molecule has 0 spiro atoms. The van der Waals surface area contributed by atoms with E-state index in [2.05, 4.69) is 6.92 Å². The van der Waals surface area contributed by atoms with Gasteiger partial charge in [-0.05, 0) is 18.8 Å². The van der Waals surface area contributed by atoms with Crippen LogP contribution in [-0.4, -0.2) is 24.4 Å². The zero-order valence-electron chi connectivity index (χ0n) is 10.2. The van der Waals surface area contributed by atoms with Gasteiger partial charge in [0, 0.05) is 12.2 Å². The highest BCUT2D eigenvalue weighted by atomic mass is 16.6. The maximum absolute atomic E-state index is 9.86. The lowest BCUT2D eigenvalue weighted by Crippen LogP contribution is -2.32. The first-order valence-electron chi connectivity index (χ1n) is 6.23. The Morgan fingerprint density at radius 1 is 1.41 bits per heavy atom. The van der Waals surface area contributed by atoms with Crippen LogP contribution in [0.1, 0.15) is 31.6 Å². The van der Waals surface area contributed by atoms with E-state index in [1.54, 1.807) is 0 Å². The summed E-state index contributed by atoms with van der Waals surface area (Å²) < 4.78 is 11.1. The Bertz CT molecular complexity index is 325. The van der Waals surface area contributed by atoms with Gasteiger partial charge in [0.05, 0.1) is 12.7 Å². The molecule has 1 heterocycles. The van der Waals surface area contributed by atoms with Gasteiger partial charge in [-0.15, -0.1) is 0 Å². The molecule has 1 saturated heterocycles. The maximum atomic E-state index is 9.86. The maximum Gasteiger partial charge on any atom is 0.181 e. The normalized spacial score (nSPS) is 26.7. The van der Waals surface area contributed by atoms with E-state index in [9.17, 15) is 5.11 Å². The van der Waals surface area contributed by atoms with Crippen LogP contribution >= 0.6 is 0 Å². The molecular formula is C14H20O3. The van der Waals surface area contributed by atoms with Crippen LogP contribution in [0.5, 0.6) is 0 Å². The molecule has 2 rings (SSSR count). The summed E-state index contributed by atoms with van der Waals surface area (Å²) >= 11 is 0. The molecule has 0 aromatic heterocycles. The molecule has 94 valence electrons. The lowest BCUT2D eigenvalue weighted by molar-refractivity contribution is -0.150. The van der Waals surface area contributed by atoms with Crippen molar-refractivity contribution >= 4 is 0 Å².